The van der Waals surface area contributed by atoms with Gasteiger partial charge in [-0.15, -0.1) is 0 Å². The fourth-order valence-corrected chi connectivity index (χ4v) is 5.26. The lowest BCUT2D eigenvalue weighted by Crippen LogP contribution is -2.52. The van der Waals surface area contributed by atoms with Crippen molar-refractivity contribution in [3.63, 3.8) is 0 Å². The van der Waals surface area contributed by atoms with Gasteiger partial charge in [0.2, 0.25) is 11.7 Å². The van der Waals surface area contributed by atoms with Crippen molar-refractivity contribution in [1.82, 2.24) is 19.3 Å². The first-order valence-corrected chi connectivity index (χ1v) is 14.2. The number of hydrogen-bond donors (Lipinski definition) is 1. The maximum Gasteiger partial charge on any atom is 0.308 e. The summed E-state index contributed by atoms with van der Waals surface area (Å²) in [4.78, 5) is 45.3. The minimum atomic E-state index is -1.26. The summed E-state index contributed by atoms with van der Waals surface area (Å²) < 4.78 is 23.3. The van der Waals surface area contributed by atoms with Crippen LogP contribution in [0.5, 0.6) is 0 Å². The molecule has 1 amide bonds. The molecule has 1 aliphatic rings. The van der Waals surface area contributed by atoms with Crippen LogP contribution in [0.1, 0.15) is 59.8 Å². The number of aryl methyl sites for hydroxylation is 1. The van der Waals surface area contributed by atoms with Crippen molar-refractivity contribution in [2.75, 3.05) is 18.1 Å². The number of ether oxygens (including phenoxy) is 1. The molecule has 2 atom stereocenters. The SMILES string of the molecule is CCCCCn1c(N2C[C@H](F)C[C@H]2C(=O)NC(C)(C)CC(=O)OCC)cc(=O)n2cc(-c3ccc(Cl)cc3)nc12. The van der Waals surface area contributed by atoms with Crippen LogP contribution in [0.3, 0.4) is 0 Å². The topological polar surface area (TPSA) is 97.9 Å². The van der Waals surface area contributed by atoms with Crippen LogP contribution in [0.4, 0.5) is 10.2 Å². The van der Waals surface area contributed by atoms with Crippen molar-refractivity contribution < 1.29 is 18.7 Å². The predicted octanol–water partition coefficient (Wildman–Crippen LogP) is 4.77. The third-order valence-electron chi connectivity index (χ3n) is 7.02. The molecular weight excluding hydrogens is 537 g/mol. The van der Waals surface area contributed by atoms with E-state index in [1.165, 1.54) is 10.5 Å². The summed E-state index contributed by atoms with van der Waals surface area (Å²) in [5.41, 5.74) is 0.189. The molecule has 4 rings (SSSR count). The van der Waals surface area contributed by atoms with Gasteiger partial charge in [0, 0.05) is 41.4 Å². The highest BCUT2D eigenvalue weighted by Gasteiger charge is 2.40. The highest BCUT2D eigenvalue weighted by atomic mass is 35.5. The Bertz CT molecular complexity index is 1420. The zero-order valence-electron chi connectivity index (χ0n) is 23.5. The van der Waals surface area contributed by atoms with Crippen molar-refractivity contribution in [2.45, 2.75) is 84.1 Å². The molecule has 0 spiro atoms. The van der Waals surface area contributed by atoms with E-state index in [1.54, 1.807) is 44.0 Å². The average molecular weight is 574 g/mol. The lowest BCUT2D eigenvalue weighted by Gasteiger charge is -2.32. The molecule has 1 aliphatic heterocycles. The molecule has 1 fully saturated rings. The Labute approximate surface area is 238 Å². The number of esters is 1. The number of rotatable bonds is 11. The third-order valence-corrected chi connectivity index (χ3v) is 7.27. The van der Waals surface area contributed by atoms with Crippen LogP contribution < -0.4 is 15.8 Å². The summed E-state index contributed by atoms with van der Waals surface area (Å²) >= 11 is 6.05. The Morgan fingerprint density at radius 3 is 2.60 bits per heavy atom. The number of nitrogens with one attached hydrogen (secondary N) is 1. The third kappa shape index (κ3) is 6.66. The molecule has 0 bridgehead atoms. The van der Waals surface area contributed by atoms with Gasteiger partial charge in [-0.2, -0.15) is 0 Å². The summed E-state index contributed by atoms with van der Waals surface area (Å²) in [5, 5.41) is 3.49. The van der Waals surface area contributed by atoms with Crippen LogP contribution in [0.25, 0.3) is 17.0 Å². The number of amides is 1. The number of fused-ring (bicyclic) bond motifs is 1. The number of halogens is 2. The van der Waals surface area contributed by atoms with Gasteiger partial charge in [-0.3, -0.25) is 23.4 Å². The second-order valence-electron chi connectivity index (χ2n) is 10.9. The molecule has 11 heteroatoms. The van der Waals surface area contributed by atoms with Gasteiger partial charge in [-0.05, 0) is 39.3 Å². The average Bonchev–Trinajstić information content (AvgIpc) is 3.50. The lowest BCUT2D eigenvalue weighted by molar-refractivity contribution is -0.144. The van der Waals surface area contributed by atoms with Gasteiger partial charge in [0.15, 0.2) is 0 Å². The van der Waals surface area contributed by atoms with Gasteiger partial charge in [-0.25, -0.2) is 9.37 Å². The number of benzene rings is 1. The molecule has 0 unspecified atom stereocenters. The molecule has 1 saturated heterocycles. The summed E-state index contributed by atoms with van der Waals surface area (Å²) in [7, 11) is 0. The number of alkyl halides is 1. The van der Waals surface area contributed by atoms with Gasteiger partial charge >= 0.3 is 5.97 Å². The predicted molar refractivity (Wildman–Crippen MR) is 154 cm³/mol. The lowest BCUT2D eigenvalue weighted by atomic mass is 9.99. The Morgan fingerprint density at radius 2 is 1.93 bits per heavy atom. The maximum absolute atomic E-state index is 14.9. The van der Waals surface area contributed by atoms with Crippen LogP contribution >= 0.6 is 11.6 Å². The molecule has 216 valence electrons. The zero-order chi connectivity index (χ0) is 29.0. The van der Waals surface area contributed by atoms with Crippen LogP contribution in [0.2, 0.25) is 5.02 Å². The van der Waals surface area contributed by atoms with E-state index in [4.69, 9.17) is 21.3 Å². The van der Waals surface area contributed by atoms with Gasteiger partial charge in [-0.1, -0.05) is 43.5 Å². The first-order chi connectivity index (χ1) is 19.0. The number of unbranched alkanes of at least 4 members (excludes halogenated alkanes) is 2. The van der Waals surface area contributed by atoms with E-state index < -0.39 is 29.6 Å². The number of carbonyl (C=O) groups excluding carboxylic acids is 2. The second kappa shape index (κ2) is 12.4. The molecule has 0 aliphatic carbocycles. The van der Waals surface area contributed by atoms with Crippen molar-refractivity contribution in [2.24, 2.45) is 0 Å². The van der Waals surface area contributed by atoms with Crippen molar-refractivity contribution in [3.8, 4) is 11.3 Å². The molecule has 2 aromatic heterocycles. The molecule has 3 heterocycles. The summed E-state index contributed by atoms with van der Waals surface area (Å²) in [6.45, 7) is 8.02. The molecular formula is C29H37ClFN5O4. The molecule has 1 N–H and O–H groups in total. The second-order valence-corrected chi connectivity index (χ2v) is 11.3. The Kier molecular flexibility index (Phi) is 9.18. The summed E-state index contributed by atoms with van der Waals surface area (Å²) in [5.74, 6) is 0.0375. The number of aromatic nitrogens is 3. The Balaban J connectivity index is 1.73. The number of imidazole rings is 1. The van der Waals surface area contributed by atoms with E-state index in [0.29, 0.717) is 28.9 Å². The van der Waals surface area contributed by atoms with E-state index in [-0.39, 0.29) is 31.6 Å². The highest BCUT2D eigenvalue weighted by molar-refractivity contribution is 6.30. The normalized spacial score (nSPS) is 17.4. The number of anilines is 1. The van der Waals surface area contributed by atoms with E-state index in [1.807, 2.05) is 16.7 Å². The molecule has 9 nitrogen and oxygen atoms in total. The van der Waals surface area contributed by atoms with Crippen LogP contribution in [0.15, 0.2) is 41.3 Å². The van der Waals surface area contributed by atoms with Gasteiger partial charge < -0.3 is 15.0 Å². The Hall–Kier alpha value is -3.40. The smallest absolute Gasteiger partial charge is 0.308 e. The van der Waals surface area contributed by atoms with Crippen LogP contribution in [0, 0.1) is 0 Å². The molecule has 40 heavy (non-hydrogen) atoms. The first kappa shape index (κ1) is 29.6. The number of hydrogen-bond acceptors (Lipinski definition) is 6. The van der Waals surface area contributed by atoms with Gasteiger partial charge in [0.25, 0.3) is 5.56 Å². The van der Waals surface area contributed by atoms with Gasteiger partial charge in [0.05, 0.1) is 25.3 Å². The fourth-order valence-electron chi connectivity index (χ4n) is 5.14. The van der Waals surface area contributed by atoms with E-state index >= 15 is 0 Å². The minimum absolute atomic E-state index is 0.0202. The van der Waals surface area contributed by atoms with E-state index in [0.717, 1.165) is 24.8 Å². The number of carbonyl (C=O) groups is 2. The fraction of sp³-hybridized carbons (Fsp3) is 0.517. The monoisotopic (exact) mass is 573 g/mol. The molecule has 0 saturated carbocycles. The first-order valence-electron chi connectivity index (χ1n) is 13.8. The van der Waals surface area contributed by atoms with Crippen molar-refractivity contribution in [1.29, 1.82) is 0 Å². The summed E-state index contributed by atoms with van der Waals surface area (Å²) in [6, 6.07) is 7.79. The molecule has 3 aromatic rings. The van der Waals surface area contributed by atoms with E-state index in [9.17, 15) is 18.8 Å². The molecule has 1 aromatic carbocycles. The molecule has 0 radical (unpaired) electrons. The Morgan fingerprint density at radius 1 is 1.20 bits per heavy atom. The van der Waals surface area contributed by atoms with Crippen LogP contribution in [-0.2, 0) is 20.9 Å². The van der Waals surface area contributed by atoms with Crippen molar-refractivity contribution >= 4 is 35.1 Å². The van der Waals surface area contributed by atoms with E-state index in [2.05, 4.69) is 12.2 Å². The minimum Gasteiger partial charge on any atom is -0.466 e. The van der Waals surface area contributed by atoms with Crippen molar-refractivity contribution in [3.05, 3.63) is 51.9 Å². The van der Waals surface area contributed by atoms with Gasteiger partial charge in [0.1, 0.15) is 18.0 Å². The number of nitrogens with zero attached hydrogens (tertiary/aromatic N) is 4. The zero-order valence-corrected chi connectivity index (χ0v) is 24.2. The standard InChI is InChI=1S/C29H37ClFN5O4/c1-5-7-8-13-34-24(15-25(37)36-18-22(32-28(34)36)19-9-11-20(30)12-10-19)35-17-21(31)14-23(35)27(39)33-29(3,4)16-26(38)40-6-2/h9-12,15,18,21,23H,5-8,13-14,16-17H2,1-4H3,(H,33,39)/t21-,23+/m1/s1. The maximum atomic E-state index is 14.9. The highest BCUT2D eigenvalue weighted by Crippen LogP contribution is 2.30. The summed E-state index contributed by atoms with van der Waals surface area (Å²) in [6.07, 6.45) is 3.15. The largest absolute Gasteiger partial charge is 0.466 e. The van der Waals surface area contributed by atoms with Crippen LogP contribution in [-0.4, -0.2) is 56.7 Å². The quantitative estimate of drug-likeness (QED) is 0.262.